The summed E-state index contributed by atoms with van der Waals surface area (Å²) in [6.45, 7) is 3.59. The Morgan fingerprint density at radius 2 is 1.79 bits per heavy atom. The van der Waals surface area contributed by atoms with Crippen LogP contribution in [0.15, 0.2) is 48.5 Å². The Kier molecular flexibility index (Phi) is 6.53. The maximum Gasteiger partial charge on any atom is 0.229 e. The summed E-state index contributed by atoms with van der Waals surface area (Å²) in [4.78, 5) is 26.6. The van der Waals surface area contributed by atoms with E-state index >= 15 is 0 Å². The van der Waals surface area contributed by atoms with Crippen molar-refractivity contribution in [3.05, 3.63) is 54.1 Å². The molecule has 3 rings (SSSR count). The van der Waals surface area contributed by atoms with E-state index in [1.54, 1.807) is 24.1 Å². The van der Waals surface area contributed by atoms with Crippen molar-refractivity contribution in [2.75, 3.05) is 32.1 Å². The Morgan fingerprint density at radius 3 is 2.43 bits per heavy atom. The van der Waals surface area contributed by atoms with E-state index in [1.807, 2.05) is 43.3 Å². The molecule has 0 aromatic heterocycles. The van der Waals surface area contributed by atoms with E-state index in [-0.39, 0.29) is 24.2 Å². The van der Waals surface area contributed by atoms with Gasteiger partial charge in [0.2, 0.25) is 11.8 Å². The Morgan fingerprint density at radius 1 is 1.11 bits per heavy atom. The van der Waals surface area contributed by atoms with Crippen LogP contribution in [0, 0.1) is 5.92 Å². The lowest BCUT2D eigenvalue weighted by molar-refractivity contribution is -0.128. The number of hydrogen-bond acceptors (Lipinski definition) is 4. The second-order valence-corrected chi connectivity index (χ2v) is 6.79. The van der Waals surface area contributed by atoms with Gasteiger partial charge in [-0.3, -0.25) is 9.59 Å². The molecule has 1 saturated heterocycles. The first kappa shape index (κ1) is 19.7. The minimum atomic E-state index is -0.324. The van der Waals surface area contributed by atoms with E-state index in [0.717, 1.165) is 23.5 Å². The number of benzene rings is 2. The monoisotopic (exact) mass is 382 g/mol. The number of carbonyl (C=O) groups is 2. The molecule has 1 aliphatic heterocycles. The van der Waals surface area contributed by atoms with Crippen molar-refractivity contribution >= 4 is 17.5 Å². The van der Waals surface area contributed by atoms with Gasteiger partial charge in [0, 0.05) is 25.2 Å². The fourth-order valence-electron chi connectivity index (χ4n) is 3.27. The molecule has 6 nitrogen and oxygen atoms in total. The van der Waals surface area contributed by atoms with Gasteiger partial charge in [-0.2, -0.15) is 0 Å². The smallest absolute Gasteiger partial charge is 0.229 e. The summed E-state index contributed by atoms with van der Waals surface area (Å²) in [6, 6.07) is 15.1. The van der Waals surface area contributed by atoms with Crippen molar-refractivity contribution in [3.63, 3.8) is 0 Å². The van der Waals surface area contributed by atoms with Crippen LogP contribution in [-0.4, -0.2) is 43.5 Å². The minimum absolute atomic E-state index is 0.0281. The second kappa shape index (κ2) is 9.26. The molecule has 0 radical (unpaired) electrons. The van der Waals surface area contributed by atoms with Crippen molar-refractivity contribution in [2.24, 2.45) is 5.92 Å². The molecule has 0 aliphatic carbocycles. The molecule has 1 aliphatic rings. The zero-order valence-corrected chi connectivity index (χ0v) is 16.3. The summed E-state index contributed by atoms with van der Waals surface area (Å²) in [6.07, 6.45) is 1.01. The fourth-order valence-corrected chi connectivity index (χ4v) is 3.27. The number of likely N-dealkylation sites (tertiary alicyclic amines) is 1. The molecule has 2 aromatic rings. The van der Waals surface area contributed by atoms with Crippen molar-refractivity contribution in [2.45, 2.75) is 19.8 Å². The van der Waals surface area contributed by atoms with Crippen LogP contribution in [0.3, 0.4) is 0 Å². The van der Waals surface area contributed by atoms with Gasteiger partial charge in [-0.1, -0.05) is 12.1 Å². The number of anilines is 1. The van der Waals surface area contributed by atoms with Crippen LogP contribution in [-0.2, 0) is 16.0 Å². The number of ether oxygens (including phenoxy) is 2. The molecule has 2 amide bonds. The minimum Gasteiger partial charge on any atom is -0.497 e. The van der Waals surface area contributed by atoms with Crippen molar-refractivity contribution in [3.8, 4) is 11.5 Å². The first-order valence-corrected chi connectivity index (χ1v) is 9.53. The third kappa shape index (κ3) is 5.03. The second-order valence-electron chi connectivity index (χ2n) is 6.79. The number of amides is 2. The highest BCUT2D eigenvalue weighted by molar-refractivity contribution is 5.97. The van der Waals surface area contributed by atoms with Crippen LogP contribution in [0.5, 0.6) is 11.5 Å². The predicted molar refractivity (Wildman–Crippen MR) is 108 cm³/mol. The number of carbonyl (C=O) groups excluding carboxylic acids is 2. The van der Waals surface area contributed by atoms with Crippen molar-refractivity contribution in [1.82, 2.24) is 4.90 Å². The number of rotatable bonds is 8. The Bertz CT molecular complexity index is 802. The lowest BCUT2D eigenvalue weighted by atomic mass is 10.1. The fraction of sp³-hybridized carbons (Fsp3) is 0.364. The molecule has 0 bridgehead atoms. The molecule has 1 fully saturated rings. The van der Waals surface area contributed by atoms with E-state index in [1.165, 1.54) is 0 Å². The predicted octanol–water partition coefficient (Wildman–Crippen LogP) is 3.12. The summed E-state index contributed by atoms with van der Waals surface area (Å²) < 4.78 is 10.6. The number of methoxy groups -OCH3 is 1. The molecule has 0 spiro atoms. The molecule has 6 heteroatoms. The molecule has 1 atom stereocenters. The standard InChI is InChI=1S/C22H26N2O4/c1-3-28-20-10-6-18(7-11-20)23-22(26)17-14-21(25)24(15-17)13-12-16-4-8-19(27-2)9-5-16/h4-11,17H,3,12-15H2,1-2H3,(H,23,26). The summed E-state index contributed by atoms with van der Waals surface area (Å²) >= 11 is 0. The molecular weight excluding hydrogens is 356 g/mol. The maximum absolute atomic E-state index is 12.5. The molecule has 1 unspecified atom stereocenters. The summed E-state index contributed by atoms with van der Waals surface area (Å²) in [7, 11) is 1.64. The van der Waals surface area contributed by atoms with Crippen LogP contribution in [0.2, 0.25) is 0 Å². The van der Waals surface area contributed by atoms with Gasteiger partial charge in [0.25, 0.3) is 0 Å². The van der Waals surface area contributed by atoms with Crippen molar-refractivity contribution in [1.29, 1.82) is 0 Å². The van der Waals surface area contributed by atoms with Gasteiger partial charge in [-0.05, 0) is 55.3 Å². The normalized spacial score (nSPS) is 16.1. The third-order valence-electron chi connectivity index (χ3n) is 4.85. The molecule has 1 heterocycles. The Balaban J connectivity index is 1.50. The summed E-state index contributed by atoms with van der Waals surface area (Å²) in [5, 5.41) is 2.89. The molecule has 0 saturated carbocycles. The van der Waals surface area contributed by atoms with Gasteiger partial charge in [0.15, 0.2) is 0 Å². The van der Waals surface area contributed by atoms with Crippen LogP contribution in [0.25, 0.3) is 0 Å². The van der Waals surface area contributed by atoms with Crippen molar-refractivity contribution < 1.29 is 19.1 Å². The van der Waals surface area contributed by atoms with E-state index in [2.05, 4.69) is 5.32 Å². The quantitative estimate of drug-likeness (QED) is 0.762. The molecule has 28 heavy (non-hydrogen) atoms. The lowest BCUT2D eigenvalue weighted by Gasteiger charge is -2.17. The van der Waals surface area contributed by atoms with Gasteiger partial charge < -0.3 is 19.7 Å². The average Bonchev–Trinajstić information content (AvgIpc) is 3.09. The molecular formula is C22H26N2O4. The lowest BCUT2D eigenvalue weighted by Crippen LogP contribution is -2.30. The zero-order valence-electron chi connectivity index (χ0n) is 16.3. The maximum atomic E-state index is 12.5. The van der Waals surface area contributed by atoms with Crippen LogP contribution >= 0.6 is 0 Å². The molecule has 1 N–H and O–H groups in total. The van der Waals surface area contributed by atoms with Gasteiger partial charge in [-0.15, -0.1) is 0 Å². The number of nitrogens with zero attached hydrogens (tertiary/aromatic N) is 1. The number of nitrogens with one attached hydrogen (secondary N) is 1. The Hall–Kier alpha value is -3.02. The van der Waals surface area contributed by atoms with Crippen LogP contribution in [0.4, 0.5) is 5.69 Å². The first-order chi connectivity index (χ1) is 13.6. The highest BCUT2D eigenvalue weighted by atomic mass is 16.5. The van der Waals surface area contributed by atoms with Crippen LogP contribution < -0.4 is 14.8 Å². The highest BCUT2D eigenvalue weighted by Crippen LogP contribution is 2.22. The largest absolute Gasteiger partial charge is 0.497 e. The van der Waals surface area contributed by atoms with E-state index in [0.29, 0.717) is 25.4 Å². The van der Waals surface area contributed by atoms with E-state index < -0.39 is 0 Å². The zero-order chi connectivity index (χ0) is 19.9. The Labute approximate surface area is 165 Å². The topological polar surface area (TPSA) is 67.9 Å². The van der Waals surface area contributed by atoms with E-state index in [4.69, 9.17) is 9.47 Å². The SMILES string of the molecule is CCOc1ccc(NC(=O)C2CC(=O)N(CCc3ccc(OC)cc3)C2)cc1. The molecule has 148 valence electrons. The number of hydrogen-bond donors (Lipinski definition) is 1. The van der Waals surface area contributed by atoms with Gasteiger partial charge in [0.1, 0.15) is 11.5 Å². The molecule has 2 aromatic carbocycles. The average molecular weight is 382 g/mol. The highest BCUT2D eigenvalue weighted by Gasteiger charge is 2.34. The first-order valence-electron chi connectivity index (χ1n) is 9.53. The van der Waals surface area contributed by atoms with E-state index in [9.17, 15) is 9.59 Å². The summed E-state index contributed by atoms with van der Waals surface area (Å²) in [5.74, 6) is 1.16. The third-order valence-corrected chi connectivity index (χ3v) is 4.85. The summed E-state index contributed by atoms with van der Waals surface area (Å²) in [5.41, 5.74) is 1.84. The van der Waals surface area contributed by atoms with Gasteiger partial charge in [0.05, 0.1) is 19.6 Å². The van der Waals surface area contributed by atoms with Crippen LogP contribution in [0.1, 0.15) is 18.9 Å². The van der Waals surface area contributed by atoms with Gasteiger partial charge in [-0.25, -0.2) is 0 Å². The van der Waals surface area contributed by atoms with Gasteiger partial charge >= 0.3 is 0 Å².